The van der Waals surface area contributed by atoms with Crippen molar-refractivity contribution in [2.24, 2.45) is 5.10 Å². The highest BCUT2D eigenvalue weighted by Gasteiger charge is 2.14. The van der Waals surface area contributed by atoms with Crippen LogP contribution < -0.4 is 14.9 Å². The molecule has 0 aliphatic rings. The van der Waals surface area contributed by atoms with Gasteiger partial charge in [-0.3, -0.25) is 4.79 Å². The number of carbonyl (C=O) groups excluding carboxylic acids is 2. The molecule has 9 heteroatoms. The molecule has 6 nitrogen and oxygen atoms in total. The lowest BCUT2D eigenvalue weighted by Gasteiger charge is -2.12. The third kappa shape index (κ3) is 6.72. The summed E-state index contributed by atoms with van der Waals surface area (Å²) in [6, 6.07) is 17.8. The van der Waals surface area contributed by atoms with Gasteiger partial charge in [0.2, 0.25) is 0 Å². The van der Waals surface area contributed by atoms with Crippen LogP contribution in [0.4, 0.5) is 0 Å². The number of hydrogen-bond donors (Lipinski definition) is 1. The standard InChI is InChI=1S/C23H17Cl3N2O4/c1-14(31-19-4-2-3-16(24)11-19)22(29)28-27-13-15-5-8-18(9-6-15)32-23(30)20-10-7-17(25)12-21(20)26/h2-14H,1H3,(H,28,29)/b27-13+. The van der Waals surface area contributed by atoms with E-state index >= 15 is 0 Å². The molecule has 0 radical (unpaired) electrons. The van der Waals surface area contributed by atoms with Crippen molar-refractivity contribution in [3.63, 3.8) is 0 Å². The van der Waals surface area contributed by atoms with E-state index in [9.17, 15) is 9.59 Å². The van der Waals surface area contributed by atoms with Crippen molar-refractivity contribution in [1.29, 1.82) is 0 Å². The number of ether oxygens (including phenoxy) is 2. The topological polar surface area (TPSA) is 77.0 Å². The third-order valence-corrected chi connectivity index (χ3v) is 4.89. The lowest BCUT2D eigenvalue weighted by Crippen LogP contribution is -2.33. The Labute approximate surface area is 199 Å². The summed E-state index contributed by atoms with van der Waals surface area (Å²) < 4.78 is 10.8. The van der Waals surface area contributed by atoms with Crippen LogP contribution in [0, 0.1) is 0 Å². The van der Waals surface area contributed by atoms with E-state index in [1.807, 2.05) is 0 Å². The van der Waals surface area contributed by atoms with Crippen molar-refractivity contribution in [2.45, 2.75) is 13.0 Å². The second-order valence-electron chi connectivity index (χ2n) is 6.53. The molecule has 3 aromatic carbocycles. The first-order valence-electron chi connectivity index (χ1n) is 9.34. The molecular formula is C23H17Cl3N2O4. The summed E-state index contributed by atoms with van der Waals surface area (Å²) >= 11 is 17.8. The van der Waals surface area contributed by atoms with Gasteiger partial charge in [-0.15, -0.1) is 0 Å². The number of carbonyl (C=O) groups is 2. The third-order valence-electron chi connectivity index (χ3n) is 4.11. The molecule has 3 aromatic rings. The van der Waals surface area contributed by atoms with E-state index in [0.717, 1.165) is 0 Å². The average Bonchev–Trinajstić information content (AvgIpc) is 2.74. The van der Waals surface area contributed by atoms with Gasteiger partial charge in [0.25, 0.3) is 5.91 Å². The van der Waals surface area contributed by atoms with Crippen LogP contribution in [0.25, 0.3) is 0 Å². The van der Waals surface area contributed by atoms with Gasteiger partial charge in [0.1, 0.15) is 11.5 Å². The van der Waals surface area contributed by atoms with Crippen LogP contribution >= 0.6 is 34.8 Å². The normalized spacial score (nSPS) is 11.8. The van der Waals surface area contributed by atoms with Gasteiger partial charge in [-0.05, 0) is 73.2 Å². The quantitative estimate of drug-likeness (QED) is 0.197. The fourth-order valence-corrected chi connectivity index (χ4v) is 3.16. The van der Waals surface area contributed by atoms with E-state index in [1.54, 1.807) is 61.5 Å². The minimum atomic E-state index is -0.771. The van der Waals surface area contributed by atoms with Gasteiger partial charge in [0, 0.05) is 10.0 Å². The zero-order valence-corrected chi connectivity index (χ0v) is 19.0. The molecule has 0 aromatic heterocycles. The molecule has 0 bridgehead atoms. The predicted octanol–water partition coefficient (Wildman–Crippen LogP) is 5.78. The summed E-state index contributed by atoms with van der Waals surface area (Å²) in [5, 5.41) is 5.05. The van der Waals surface area contributed by atoms with Crippen molar-refractivity contribution in [2.75, 3.05) is 0 Å². The maximum Gasteiger partial charge on any atom is 0.345 e. The summed E-state index contributed by atoms with van der Waals surface area (Å²) in [6.07, 6.45) is 0.679. The lowest BCUT2D eigenvalue weighted by molar-refractivity contribution is -0.127. The Morgan fingerprint density at radius 2 is 1.66 bits per heavy atom. The van der Waals surface area contributed by atoms with Crippen molar-refractivity contribution >= 4 is 52.9 Å². The fourth-order valence-electron chi connectivity index (χ4n) is 2.50. The number of benzene rings is 3. The second-order valence-corrected chi connectivity index (χ2v) is 7.81. The monoisotopic (exact) mass is 490 g/mol. The first-order valence-corrected chi connectivity index (χ1v) is 10.5. The van der Waals surface area contributed by atoms with Crippen LogP contribution in [0.1, 0.15) is 22.8 Å². The minimum absolute atomic E-state index is 0.204. The highest BCUT2D eigenvalue weighted by Crippen LogP contribution is 2.23. The SMILES string of the molecule is CC(Oc1cccc(Cl)c1)C(=O)N/N=C/c1ccc(OC(=O)c2ccc(Cl)cc2Cl)cc1. The molecule has 32 heavy (non-hydrogen) atoms. The number of amides is 1. The Morgan fingerprint density at radius 1 is 0.938 bits per heavy atom. The lowest BCUT2D eigenvalue weighted by atomic mass is 10.2. The Hall–Kier alpha value is -3.06. The van der Waals surface area contributed by atoms with E-state index < -0.39 is 18.0 Å². The summed E-state index contributed by atoms with van der Waals surface area (Å²) in [6.45, 7) is 1.60. The van der Waals surface area contributed by atoms with Crippen LogP contribution in [0.15, 0.2) is 71.8 Å². The fraction of sp³-hybridized carbons (Fsp3) is 0.0870. The molecule has 1 N–H and O–H groups in total. The Balaban J connectivity index is 1.52. The van der Waals surface area contributed by atoms with E-state index in [2.05, 4.69) is 10.5 Å². The second kappa shape index (κ2) is 11.0. The summed E-state index contributed by atoms with van der Waals surface area (Å²) in [5.74, 6) is -0.222. The molecule has 0 fully saturated rings. The predicted molar refractivity (Wildman–Crippen MR) is 125 cm³/mol. The molecule has 0 saturated carbocycles. The number of rotatable bonds is 7. The van der Waals surface area contributed by atoms with Crippen LogP contribution in [0.2, 0.25) is 15.1 Å². The molecule has 164 valence electrons. The molecule has 0 saturated heterocycles. The molecule has 0 aliphatic carbocycles. The van der Waals surface area contributed by atoms with Gasteiger partial charge in [0.05, 0.1) is 16.8 Å². The average molecular weight is 492 g/mol. The highest BCUT2D eigenvalue weighted by atomic mass is 35.5. The maximum atomic E-state index is 12.2. The van der Waals surface area contributed by atoms with Crippen molar-refractivity contribution < 1.29 is 19.1 Å². The molecule has 0 aliphatic heterocycles. The molecular weight excluding hydrogens is 475 g/mol. The number of nitrogens with zero attached hydrogens (tertiary/aromatic N) is 1. The van der Waals surface area contributed by atoms with Gasteiger partial charge in [-0.2, -0.15) is 5.10 Å². The van der Waals surface area contributed by atoms with E-state index in [4.69, 9.17) is 44.3 Å². The largest absolute Gasteiger partial charge is 0.481 e. The molecule has 1 amide bonds. The highest BCUT2D eigenvalue weighted by molar-refractivity contribution is 6.36. The van der Waals surface area contributed by atoms with Crippen molar-refractivity contribution in [3.05, 3.63) is 92.9 Å². The van der Waals surface area contributed by atoms with Crippen LogP contribution in [0.3, 0.4) is 0 Å². The van der Waals surface area contributed by atoms with Crippen LogP contribution in [-0.2, 0) is 4.79 Å². The number of hydrazone groups is 1. The Kier molecular flexibility index (Phi) is 8.11. The number of esters is 1. The van der Waals surface area contributed by atoms with Gasteiger partial charge in [-0.25, -0.2) is 10.2 Å². The number of hydrogen-bond acceptors (Lipinski definition) is 5. The van der Waals surface area contributed by atoms with Crippen LogP contribution in [0.5, 0.6) is 11.5 Å². The number of nitrogens with one attached hydrogen (secondary N) is 1. The zero-order chi connectivity index (χ0) is 23.1. The minimum Gasteiger partial charge on any atom is -0.481 e. The zero-order valence-electron chi connectivity index (χ0n) is 16.7. The number of halogens is 3. The van der Waals surface area contributed by atoms with Gasteiger partial charge in [0.15, 0.2) is 6.10 Å². The Bertz CT molecular complexity index is 1150. The first-order chi connectivity index (χ1) is 15.3. The van der Waals surface area contributed by atoms with Gasteiger partial charge >= 0.3 is 5.97 Å². The first kappa shape index (κ1) is 23.6. The van der Waals surface area contributed by atoms with Gasteiger partial charge in [-0.1, -0.05) is 40.9 Å². The molecule has 0 heterocycles. The maximum absolute atomic E-state index is 12.2. The van der Waals surface area contributed by atoms with Crippen LogP contribution in [-0.4, -0.2) is 24.2 Å². The summed E-state index contributed by atoms with van der Waals surface area (Å²) in [5.41, 5.74) is 3.29. The van der Waals surface area contributed by atoms with E-state index in [1.165, 1.54) is 18.3 Å². The smallest absolute Gasteiger partial charge is 0.345 e. The van der Waals surface area contributed by atoms with Crippen molar-refractivity contribution in [3.8, 4) is 11.5 Å². The molecule has 1 atom stereocenters. The molecule has 3 rings (SSSR count). The van der Waals surface area contributed by atoms with Gasteiger partial charge < -0.3 is 9.47 Å². The Morgan fingerprint density at radius 3 is 2.34 bits per heavy atom. The molecule has 1 unspecified atom stereocenters. The summed E-state index contributed by atoms with van der Waals surface area (Å²) in [4.78, 5) is 24.4. The summed E-state index contributed by atoms with van der Waals surface area (Å²) in [7, 11) is 0. The molecule has 0 spiro atoms. The van der Waals surface area contributed by atoms with E-state index in [0.29, 0.717) is 27.1 Å². The van der Waals surface area contributed by atoms with Crippen molar-refractivity contribution in [1.82, 2.24) is 5.43 Å². The van der Waals surface area contributed by atoms with E-state index in [-0.39, 0.29) is 10.6 Å².